The maximum Gasteiger partial charge on any atom is 0.113 e. The van der Waals surface area contributed by atoms with Crippen LogP contribution in [0.15, 0.2) is 54.6 Å². The molecule has 0 aliphatic heterocycles. The summed E-state index contributed by atoms with van der Waals surface area (Å²) >= 11 is 1.80. The van der Waals surface area contributed by atoms with E-state index in [1.807, 2.05) is 32.0 Å². The Morgan fingerprint density at radius 2 is 1.61 bits per heavy atom. The number of hydrogen-bond acceptors (Lipinski definition) is 1. The molecule has 0 amide bonds. The van der Waals surface area contributed by atoms with Crippen molar-refractivity contribution >= 4 is 34.7 Å². The van der Waals surface area contributed by atoms with Crippen LogP contribution in [0.5, 0.6) is 0 Å². The molecular weight excluding hydrogens is 235 g/mol. The van der Waals surface area contributed by atoms with Gasteiger partial charge in [0.15, 0.2) is 0 Å². The van der Waals surface area contributed by atoms with Gasteiger partial charge in [0.05, 0.1) is 0 Å². The van der Waals surface area contributed by atoms with E-state index in [4.69, 9.17) is 7.85 Å². The van der Waals surface area contributed by atoms with E-state index in [0.717, 1.165) is 5.46 Å². The fourth-order valence-corrected chi connectivity index (χ4v) is 2.86. The maximum absolute atomic E-state index is 5.78. The second kappa shape index (κ2) is 5.88. The molecule has 0 aliphatic carbocycles. The van der Waals surface area contributed by atoms with Crippen molar-refractivity contribution in [3.8, 4) is 10.4 Å². The van der Waals surface area contributed by atoms with E-state index in [1.165, 1.54) is 20.5 Å². The van der Waals surface area contributed by atoms with Crippen molar-refractivity contribution < 1.29 is 0 Å². The van der Waals surface area contributed by atoms with E-state index in [0.29, 0.717) is 0 Å². The Labute approximate surface area is 114 Å². The molecule has 1 aromatic heterocycles. The predicted molar refractivity (Wildman–Crippen MR) is 84.0 cm³/mol. The average molecular weight is 250 g/mol. The largest absolute Gasteiger partial charge is 0.135 e. The molecule has 0 bridgehead atoms. The van der Waals surface area contributed by atoms with E-state index < -0.39 is 0 Å². The number of hydrogen-bond donors (Lipinski definition) is 0. The van der Waals surface area contributed by atoms with Crippen LogP contribution in [-0.2, 0) is 0 Å². The van der Waals surface area contributed by atoms with E-state index in [1.54, 1.807) is 11.3 Å². The van der Waals surface area contributed by atoms with Crippen LogP contribution in [0.4, 0.5) is 0 Å². The Bertz CT molecular complexity index is 626. The maximum atomic E-state index is 5.78. The fourth-order valence-electron chi connectivity index (χ4n) is 1.81. The highest BCUT2D eigenvalue weighted by atomic mass is 32.1. The molecule has 0 atom stereocenters. The Kier molecular flexibility index (Phi) is 4.21. The normalized spacial score (nSPS) is 9.89. The second-order valence-electron chi connectivity index (χ2n) is 3.77. The van der Waals surface area contributed by atoms with Crippen LogP contribution in [0.2, 0.25) is 0 Å². The standard InChI is InChI=1S/C14H9BS.C2H6/c15-12-6-7-13-11(8-12)9-14(16-13)10-4-2-1-3-5-10;1-2/h1-9H;1-2H3. The number of rotatable bonds is 1. The number of thiophene rings is 1. The first-order chi connectivity index (χ1) is 8.83. The van der Waals surface area contributed by atoms with Crippen LogP contribution in [-0.4, -0.2) is 7.85 Å². The van der Waals surface area contributed by atoms with Crippen LogP contribution in [0.3, 0.4) is 0 Å². The summed E-state index contributed by atoms with van der Waals surface area (Å²) in [4.78, 5) is 1.29. The van der Waals surface area contributed by atoms with Gasteiger partial charge in [-0.2, -0.15) is 0 Å². The summed E-state index contributed by atoms with van der Waals surface area (Å²) in [5.41, 5.74) is 2.09. The predicted octanol–water partition coefficient (Wildman–Crippen LogP) is 4.39. The Hall–Kier alpha value is -1.54. The highest BCUT2D eigenvalue weighted by molar-refractivity contribution is 7.22. The van der Waals surface area contributed by atoms with Crippen molar-refractivity contribution in [2.75, 3.05) is 0 Å². The molecule has 0 aliphatic rings. The van der Waals surface area contributed by atoms with Crippen LogP contribution in [0.1, 0.15) is 13.8 Å². The third-order valence-electron chi connectivity index (χ3n) is 2.60. The van der Waals surface area contributed by atoms with Crippen molar-refractivity contribution in [3.63, 3.8) is 0 Å². The lowest BCUT2D eigenvalue weighted by atomic mass is 9.95. The van der Waals surface area contributed by atoms with Crippen molar-refractivity contribution in [3.05, 3.63) is 54.6 Å². The van der Waals surface area contributed by atoms with Crippen LogP contribution in [0, 0.1) is 0 Å². The molecule has 2 radical (unpaired) electrons. The first-order valence-electron chi connectivity index (χ1n) is 6.17. The third-order valence-corrected chi connectivity index (χ3v) is 3.76. The number of fused-ring (bicyclic) bond motifs is 1. The minimum absolute atomic E-state index is 0.824. The first kappa shape index (κ1) is 12.9. The Morgan fingerprint density at radius 3 is 2.33 bits per heavy atom. The van der Waals surface area contributed by atoms with E-state index in [-0.39, 0.29) is 0 Å². The molecule has 0 saturated heterocycles. The Morgan fingerprint density at radius 1 is 0.889 bits per heavy atom. The van der Waals surface area contributed by atoms with Crippen LogP contribution >= 0.6 is 11.3 Å². The van der Waals surface area contributed by atoms with E-state index in [2.05, 4.69) is 36.4 Å². The minimum Gasteiger partial charge on any atom is -0.135 e. The van der Waals surface area contributed by atoms with Gasteiger partial charge in [-0.1, -0.05) is 61.8 Å². The molecule has 0 N–H and O–H groups in total. The van der Waals surface area contributed by atoms with Gasteiger partial charge in [0.1, 0.15) is 7.85 Å². The van der Waals surface area contributed by atoms with Gasteiger partial charge in [-0.05, 0) is 23.1 Å². The fraction of sp³-hybridized carbons (Fsp3) is 0.125. The van der Waals surface area contributed by atoms with Gasteiger partial charge in [-0.3, -0.25) is 0 Å². The topological polar surface area (TPSA) is 0 Å². The van der Waals surface area contributed by atoms with Crippen molar-refractivity contribution in [2.45, 2.75) is 13.8 Å². The lowest BCUT2D eigenvalue weighted by Crippen LogP contribution is -1.98. The monoisotopic (exact) mass is 250 g/mol. The van der Waals surface area contributed by atoms with Gasteiger partial charge in [-0.15, -0.1) is 11.3 Å². The zero-order chi connectivity index (χ0) is 13.0. The Balaban J connectivity index is 0.000000574. The van der Waals surface area contributed by atoms with Gasteiger partial charge >= 0.3 is 0 Å². The highest BCUT2D eigenvalue weighted by Gasteiger charge is 2.03. The summed E-state index contributed by atoms with van der Waals surface area (Å²) in [6.45, 7) is 4.00. The number of benzene rings is 2. The second-order valence-corrected chi connectivity index (χ2v) is 4.86. The molecule has 88 valence electrons. The zero-order valence-corrected chi connectivity index (χ0v) is 11.5. The van der Waals surface area contributed by atoms with Gasteiger partial charge < -0.3 is 0 Å². The molecule has 3 aromatic rings. The van der Waals surface area contributed by atoms with Crippen LogP contribution < -0.4 is 5.46 Å². The van der Waals surface area contributed by atoms with Crippen molar-refractivity contribution in [2.24, 2.45) is 0 Å². The van der Waals surface area contributed by atoms with Gasteiger partial charge in [-0.25, -0.2) is 0 Å². The smallest absolute Gasteiger partial charge is 0.113 e. The summed E-state index contributed by atoms with van der Waals surface area (Å²) in [7, 11) is 5.78. The molecule has 0 unspecified atom stereocenters. The quantitative estimate of drug-likeness (QED) is 0.562. The van der Waals surface area contributed by atoms with Gasteiger partial charge in [0.25, 0.3) is 0 Å². The molecule has 18 heavy (non-hydrogen) atoms. The SMILES string of the molecule is CC.[B]c1ccc2sc(-c3ccccc3)cc2c1. The zero-order valence-electron chi connectivity index (χ0n) is 10.7. The molecular formula is C16H15BS. The van der Waals surface area contributed by atoms with Gasteiger partial charge in [0, 0.05) is 9.58 Å². The summed E-state index contributed by atoms with van der Waals surface area (Å²) < 4.78 is 1.29. The van der Waals surface area contributed by atoms with Gasteiger partial charge in [0.2, 0.25) is 0 Å². The summed E-state index contributed by atoms with van der Waals surface area (Å²) in [5.74, 6) is 0. The first-order valence-corrected chi connectivity index (χ1v) is 6.99. The minimum atomic E-state index is 0.824. The molecule has 0 spiro atoms. The molecule has 2 aromatic carbocycles. The van der Waals surface area contributed by atoms with Crippen LogP contribution in [0.25, 0.3) is 20.5 Å². The summed E-state index contributed by atoms with van der Waals surface area (Å²) in [5, 5.41) is 1.23. The molecule has 0 nitrogen and oxygen atoms in total. The molecule has 3 rings (SSSR count). The molecule has 0 saturated carbocycles. The average Bonchev–Trinajstić information content (AvgIpc) is 2.85. The molecule has 2 heteroatoms. The summed E-state index contributed by atoms with van der Waals surface area (Å²) in [6.07, 6.45) is 0. The third kappa shape index (κ3) is 2.65. The lowest BCUT2D eigenvalue weighted by molar-refractivity contribution is 1.50. The van der Waals surface area contributed by atoms with Crippen molar-refractivity contribution in [1.29, 1.82) is 0 Å². The van der Waals surface area contributed by atoms with E-state index in [9.17, 15) is 0 Å². The van der Waals surface area contributed by atoms with Crippen molar-refractivity contribution in [1.82, 2.24) is 0 Å². The highest BCUT2D eigenvalue weighted by Crippen LogP contribution is 2.32. The lowest BCUT2D eigenvalue weighted by Gasteiger charge is -1.93. The summed E-state index contributed by atoms with van der Waals surface area (Å²) in [6, 6.07) is 18.7. The van der Waals surface area contributed by atoms with E-state index >= 15 is 0 Å². The molecule has 0 fully saturated rings. The molecule has 1 heterocycles.